The highest BCUT2D eigenvalue weighted by molar-refractivity contribution is 5.57. The predicted octanol–water partition coefficient (Wildman–Crippen LogP) is -7.67. The normalized spacial score (nSPS) is 30.0. The third-order valence-electron chi connectivity index (χ3n) is 3.88. The van der Waals surface area contributed by atoms with Crippen molar-refractivity contribution in [2.24, 2.45) is 0 Å². The third kappa shape index (κ3) is 11.9. The van der Waals surface area contributed by atoms with Crippen molar-refractivity contribution >= 4 is 12.6 Å². The number of aliphatic hydroxyl groups is 12. The predicted molar refractivity (Wildman–Crippen MR) is 96.9 cm³/mol. The Hall–Kier alpha value is -1.18. The summed E-state index contributed by atoms with van der Waals surface area (Å²) >= 11 is 0. The van der Waals surface area contributed by atoms with E-state index in [0.29, 0.717) is 0 Å². The fourth-order valence-electron chi connectivity index (χ4n) is 1.77. The molecule has 186 valence electrons. The van der Waals surface area contributed by atoms with Crippen LogP contribution in [0.4, 0.5) is 0 Å². The Balaban J connectivity index is 0. The van der Waals surface area contributed by atoms with Crippen LogP contribution in [0.25, 0.3) is 0 Å². The van der Waals surface area contributed by atoms with Crippen molar-refractivity contribution < 1.29 is 75.6 Å². The Labute approximate surface area is 176 Å². The maximum absolute atomic E-state index is 9.87. The topological polar surface area (TPSA) is 286 Å². The second kappa shape index (κ2) is 16.5. The Morgan fingerprint density at radius 1 is 0.806 bits per heavy atom. The molecule has 0 amide bonds. The van der Waals surface area contributed by atoms with Gasteiger partial charge in [-0.05, 0) is 6.92 Å². The number of hydrogen-bond acceptors (Lipinski definition) is 15. The SMILES string of the molecule is C[C@H](O)[C@H](O)[C@@H](O)[C@@H](O)C=O.O=C[C@@H](O)[C@H](O)[C@H](O)CO.OC1OC[C@@H](O)[C@H](O)[C@H]1O. The van der Waals surface area contributed by atoms with Crippen molar-refractivity contribution in [1.82, 2.24) is 0 Å². The summed E-state index contributed by atoms with van der Waals surface area (Å²) < 4.78 is 4.47. The van der Waals surface area contributed by atoms with Gasteiger partial charge in [-0.3, -0.25) is 0 Å². The molecule has 11 atom stereocenters. The largest absolute Gasteiger partial charge is 0.394 e. The molecule has 0 aromatic carbocycles. The van der Waals surface area contributed by atoms with E-state index in [-0.39, 0.29) is 19.2 Å². The average molecular weight is 464 g/mol. The summed E-state index contributed by atoms with van der Waals surface area (Å²) in [5, 5.41) is 104. The molecule has 12 N–H and O–H groups in total. The second-order valence-corrected chi connectivity index (χ2v) is 6.49. The summed E-state index contributed by atoms with van der Waals surface area (Å²) in [5.74, 6) is 0. The highest BCUT2D eigenvalue weighted by Crippen LogP contribution is 2.12. The van der Waals surface area contributed by atoms with Gasteiger partial charge in [0.1, 0.15) is 54.9 Å². The lowest BCUT2D eigenvalue weighted by Gasteiger charge is -2.31. The summed E-state index contributed by atoms with van der Waals surface area (Å²) in [7, 11) is 0. The molecular weight excluding hydrogens is 432 g/mol. The van der Waals surface area contributed by atoms with Crippen LogP contribution in [0.5, 0.6) is 0 Å². The second-order valence-electron chi connectivity index (χ2n) is 6.49. The lowest BCUT2D eigenvalue weighted by Crippen LogP contribution is -2.52. The lowest BCUT2D eigenvalue weighted by molar-refractivity contribution is -0.252. The highest BCUT2D eigenvalue weighted by Gasteiger charge is 2.36. The summed E-state index contributed by atoms with van der Waals surface area (Å²) in [6.45, 7) is 0.400. The van der Waals surface area contributed by atoms with Gasteiger partial charge >= 0.3 is 0 Å². The molecular formula is C16H32O15. The van der Waals surface area contributed by atoms with Crippen molar-refractivity contribution in [3.8, 4) is 0 Å². The molecule has 0 aliphatic carbocycles. The standard InChI is InChI=1S/C6H12O5.2C5H10O5/c1-3(8)5(10)6(11)4(9)2-7;6-2-1-10-5(9)4(8)3(2)7;6-1-3(8)5(10)4(9)2-7/h2-6,8-11H,1H3;2-9H,1H2;1,3-5,7-10H,2H2/t3-,4-,5-,6-;2-,3+,4-,5?;3-,4-,5+/m011/s1. The molecule has 0 bridgehead atoms. The quantitative estimate of drug-likeness (QED) is 0.148. The van der Waals surface area contributed by atoms with Gasteiger partial charge in [0.25, 0.3) is 0 Å². The number of aliphatic hydroxyl groups excluding tert-OH is 12. The molecule has 1 rings (SSSR count). The van der Waals surface area contributed by atoms with Gasteiger partial charge in [-0.2, -0.15) is 0 Å². The van der Waals surface area contributed by atoms with Gasteiger partial charge in [-0.25, -0.2) is 0 Å². The zero-order valence-electron chi connectivity index (χ0n) is 16.5. The molecule has 0 aromatic heterocycles. The van der Waals surface area contributed by atoms with E-state index in [2.05, 4.69) is 4.74 Å². The summed E-state index contributed by atoms with van der Waals surface area (Å²) in [6, 6.07) is 0. The maximum Gasteiger partial charge on any atom is 0.183 e. The van der Waals surface area contributed by atoms with E-state index in [1.165, 1.54) is 6.92 Å². The zero-order valence-corrected chi connectivity index (χ0v) is 16.5. The number of hydrogen-bond donors (Lipinski definition) is 12. The van der Waals surface area contributed by atoms with Crippen LogP contribution in [0.3, 0.4) is 0 Å². The molecule has 0 saturated carbocycles. The number of aldehydes is 2. The first-order valence-corrected chi connectivity index (χ1v) is 8.88. The zero-order chi connectivity index (χ0) is 24.9. The Bertz CT molecular complexity index is 464. The Morgan fingerprint density at radius 3 is 1.61 bits per heavy atom. The fraction of sp³-hybridized carbons (Fsp3) is 0.875. The molecule has 1 aliphatic heterocycles. The summed E-state index contributed by atoms with van der Waals surface area (Å²) in [5.41, 5.74) is 0. The van der Waals surface area contributed by atoms with Crippen molar-refractivity contribution in [2.45, 2.75) is 74.3 Å². The average Bonchev–Trinajstić information content (AvgIpc) is 2.77. The van der Waals surface area contributed by atoms with E-state index < -0.39 is 73.9 Å². The molecule has 15 nitrogen and oxygen atoms in total. The Morgan fingerprint density at radius 2 is 1.26 bits per heavy atom. The minimum absolute atomic E-state index is 0.0869. The van der Waals surface area contributed by atoms with Crippen molar-refractivity contribution in [3.05, 3.63) is 0 Å². The Kier molecular flexibility index (Phi) is 17.0. The van der Waals surface area contributed by atoms with Gasteiger partial charge in [-0.15, -0.1) is 0 Å². The number of ether oxygens (including phenoxy) is 1. The third-order valence-corrected chi connectivity index (χ3v) is 3.88. The van der Waals surface area contributed by atoms with Crippen LogP contribution in [0.1, 0.15) is 6.92 Å². The van der Waals surface area contributed by atoms with E-state index in [0.717, 1.165) is 0 Å². The van der Waals surface area contributed by atoms with Crippen LogP contribution >= 0.6 is 0 Å². The van der Waals surface area contributed by atoms with E-state index in [9.17, 15) is 9.59 Å². The van der Waals surface area contributed by atoms with Crippen LogP contribution in [0, 0.1) is 0 Å². The molecule has 0 aromatic rings. The van der Waals surface area contributed by atoms with Crippen LogP contribution in [0.2, 0.25) is 0 Å². The van der Waals surface area contributed by atoms with Crippen molar-refractivity contribution in [2.75, 3.05) is 13.2 Å². The molecule has 31 heavy (non-hydrogen) atoms. The van der Waals surface area contributed by atoms with Crippen LogP contribution < -0.4 is 0 Å². The van der Waals surface area contributed by atoms with Crippen molar-refractivity contribution in [1.29, 1.82) is 0 Å². The van der Waals surface area contributed by atoms with E-state index >= 15 is 0 Å². The van der Waals surface area contributed by atoms with Gasteiger partial charge in [0.15, 0.2) is 18.9 Å². The molecule has 1 unspecified atom stereocenters. The van der Waals surface area contributed by atoms with Gasteiger partial charge in [0.2, 0.25) is 0 Å². The summed E-state index contributed by atoms with van der Waals surface area (Å²) in [6.07, 6.45) is -15.7. The molecule has 1 saturated heterocycles. The highest BCUT2D eigenvalue weighted by atomic mass is 16.6. The molecule has 0 radical (unpaired) electrons. The lowest BCUT2D eigenvalue weighted by atomic mass is 10.1. The van der Waals surface area contributed by atoms with E-state index in [4.69, 9.17) is 61.3 Å². The van der Waals surface area contributed by atoms with Crippen LogP contribution in [-0.2, 0) is 14.3 Å². The first kappa shape index (κ1) is 32.0. The smallest absolute Gasteiger partial charge is 0.183 e. The number of rotatable bonds is 8. The first-order chi connectivity index (χ1) is 14.3. The van der Waals surface area contributed by atoms with Crippen LogP contribution in [-0.4, -0.2) is 154 Å². The number of carbonyl (C=O) groups excluding carboxylic acids is 2. The van der Waals surface area contributed by atoms with E-state index in [1.807, 2.05) is 0 Å². The van der Waals surface area contributed by atoms with Crippen LogP contribution in [0.15, 0.2) is 0 Å². The number of carbonyl (C=O) groups is 2. The minimum atomic E-state index is -1.65. The molecule has 0 spiro atoms. The molecule has 1 aliphatic rings. The van der Waals surface area contributed by atoms with Gasteiger partial charge in [0, 0.05) is 0 Å². The first-order valence-electron chi connectivity index (χ1n) is 8.88. The van der Waals surface area contributed by atoms with Gasteiger partial charge in [0.05, 0.1) is 19.3 Å². The fourth-order valence-corrected chi connectivity index (χ4v) is 1.77. The van der Waals surface area contributed by atoms with Crippen molar-refractivity contribution in [3.63, 3.8) is 0 Å². The van der Waals surface area contributed by atoms with Gasteiger partial charge < -0.3 is 75.6 Å². The van der Waals surface area contributed by atoms with Gasteiger partial charge in [-0.1, -0.05) is 0 Å². The molecule has 15 heteroatoms. The van der Waals surface area contributed by atoms with E-state index in [1.54, 1.807) is 0 Å². The molecule has 1 fully saturated rings. The molecule has 1 heterocycles. The summed E-state index contributed by atoms with van der Waals surface area (Å²) in [4.78, 5) is 19.6. The minimum Gasteiger partial charge on any atom is -0.394 e. The monoisotopic (exact) mass is 464 g/mol. The maximum atomic E-state index is 9.87.